The van der Waals surface area contributed by atoms with E-state index in [1.165, 1.54) is 25.7 Å². The molecule has 9 nitrogen and oxygen atoms in total. The predicted octanol–water partition coefficient (Wildman–Crippen LogP) is 8.02. The lowest BCUT2D eigenvalue weighted by Crippen LogP contribution is -2.61. The monoisotopic (exact) mass is 668 g/mol. The summed E-state index contributed by atoms with van der Waals surface area (Å²) in [5.41, 5.74) is 3.02. The minimum Gasteiger partial charge on any atom is -0.368 e. The first-order chi connectivity index (χ1) is 23.1. The Kier molecular flexibility index (Phi) is 14.9. The predicted molar refractivity (Wildman–Crippen MR) is 179 cm³/mol. The van der Waals surface area contributed by atoms with Crippen LogP contribution in [0.25, 0.3) is 0 Å². The first kappa shape index (κ1) is 35.9. The molecule has 2 fully saturated rings. The van der Waals surface area contributed by atoms with Crippen molar-refractivity contribution in [1.29, 1.82) is 0 Å². The van der Waals surface area contributed by atoms with Gasteiger partial charge in [-0.05, 0) is 23.1 Å². The first-order valence-corrected chi connectivity index (χ1v) is 18.4. The average Bonchev–Trinajstić information content (AvgIpc) is 3.55. The van der Waals surface area contributed by atoms with Crippen LogP contribution in [-0.2, 0) is 61.6 Å². The molecule has 3 aromatic rings. The molecule has 0 bridgehead atoms. The van der Waals surface area contributed by atoms with E-state index in [1.54, 1.807) is 0 Å². The van der Waals surface area contributed by atoms with Crippen molar-refractivity contribution in [3.8, 4) is 0 Å². The Balaban J connectivity index is 1.40. The molecule has 0 saturated carbocycles. The number of benzene rings is 3. The van der Waals surface area contributed by atoms with Gasteiger partial charge >= 0.3 is 7.82 Å². The SMILES string of the molecule is CCCCCCCCO[C@@H]1O[C@H](COP2(=O)OCCO2)[C@H](OCc2ccccc2)[C@H](OCc2ccccc2)[C@H]1OCc1ccccc1. The molecule has 0 N–H and O–H groups in total. The summed E-state index contributed by atoms with van der Waals surface area (Å²) < 4.78 is 62.4. The molecule has 2 aliphatic heterocycles. The van der Waals surface area contributed by atoms with Crippen molar-refractivity contribution in [2.45, 2.75) is 96.0 Å². The van der Waals surface area contributed by atoms with Gasteiger partial charge in [-0.2, -0.15) is 0 Å². The molecule has 0 aliphatic carbocycles. The highest BCUT2D eigenvalue weighted by molar-refractivity contribution is 7.48. The van der Waals surface area contributed by atoms with E-state index >= 15 is 0 Å². The second-order valence-electron chi connectivity index (χ2n) is 11.9. The highest BCUT2D eigenvalue weighted by Crippen LogP contribution is 2.53. The Labute approximate surface area is 279 Å². The standard InChI is InChI=1S/C37H49O9P/c1-2-3-4-5-6-16-23-39-37-36(42-28-32-21-14-9-15-22-32)35(41-27-31-19-12-8-13-20-31)34(40-26-30-17-10-7-11-18-30)33(46-37)29-45-47(38)43-24-25-44-47/h7-15,17-22,33-37H,2-6,16,23-29H2,1H3/t33-,34+,35+,36-,37-/m1/s1. The number of phosphoric ester groups is 1. The molecule has 3 aromatic carbocycles. The molecule has 10 heteroatoms. The molecule has 5 atom stereocenters. The summed E-state index contributed by atoms with van der Waals surface area (Å²) >= 11 is 0. The summed E-state index contributed by atoms with van der Waals surface area (Å²) in [5, 5.41) is 0. The lowest BCUT2D eigenvalue weighted by molar-refractivity contribution is -0.326. The van der Waals surface area contributed by atoms with Gasteiger partial charge < -0.3 is 23.7 Å². The molecule has 0 radical (unpaired) electrons. The van der Waals surface area contributed by atoms with Crippen LogP contribution in [-0.4, -0.2) is 57.1 Å². The Hall–Kier alpha value is -2.43. The highest BCUT2D eigenvalue weighted by atomic mass is 31.2. The molecular weight excluding hydrogens is 619 g/mol. The van der Waals surface area contributed by atoms with Crippen LogP contribution in [0.3, 0.4) is 0 Å². The van der Waals surface area contributed by atoms with Gasteiger partial charge in [-0.15, -0.1) is 0 Å². The third kappa shape index (κ3) is 11.6. The third-order valence-corrected chi connectivity index (χ3v) is 9.67. The normalized spacial score (nSPS) is 24.0. The van der Waals surface area contributed by atoms with Crippen molar-refractivity contribution < 1.29 is 41.8 Å². The molecule has 0 unspecified atom stereocenters. The van der Waals surface area contributed by atoms with Crippen molar-refractivity contribution in [1.82, 2.24) is 0 Å². The van der Waals surface area contributed by atoms with Gasteiger partial charge in [0, 0.05) is 6.61 Å². The molecule has 0 spiro atoms. The van der Waals surface area contributed by atoms with E-state index in [0.29, 0.717) is 26.4 Å². The summed E-state index contributed by atoms with van der Waals surface area (Å²) in [6.45, 7) is 3.98. The van der Waals surface area contributed by atoms with Crippen LogP contribution in [0, 0.1) is 0 Å². The number of ether oxygens (including phenoxy) is 5. The van der Waals surface area contributed by atoms with Crippen LogP contribution in [0.2, 0.25) is 0 Å². The second kappa shape index (κ2) is 19.5. The fourth-order valence-electron chi connectivity index (χ4n) is 5.67. The van der Waals surface area contributed by atoms with E-state index in [4.69, 9.17) is 37.3 Å². The van der Waals surface area contributed by atoms with Crippen LogP contribution in [0.1, 0.15) is 62.1 Å². The number of hydrogen-bond donors (Lipinski definition) is 0. The smallest absolute Gasteiger partial charge is 0.368 e. The molecule has 2 saturated heterocycles. The highest BCUT2D eigenvalue weighted by Gasteiger charge is 2.50. The van der Waals surface area contributed by atoms with E-state index in [-0.39, 0.29) is 19.8 Å². The maximum absolute atomic E-state index is 13.0. The van der Waals surface area contributed by atoms with Gasteiger partial charge in [0.1, 0.15) is 24.4 Å². The quantitative estimate of drug-likeness (QED) is 0.0877. The van der Waals surface area contributed by atoms with Crippen LogP contribution < -0.4 is 0 Å². The van der Waals surface area contributed by atoms with E-state index < -0.39 is 38.5 Å². The number of phosphoric acid groups is 1. The van der Waals surface area contributed by atoms with E-state index in [2.05, 4.69) is 6.92 Å². The van der Waals surface area contributed by atoms with E-state index in [9.17, 15) is 4.57 Å². The Morgan fingerprint density at radius 3 is 1.66 bits per heavy atom. The van der Waals surface area contributed by atoms with Crippen LogP contribution in [0.5, 0.6) is 0 Å². The van der Waals surface area contributed by atoms with Gasteiger partial charge in [-0.1, -0.05) is 130 Å². The minimum atomic E-state index is -3.70. The summed E-state index contributed by atoms with van der Waals surface area (Å²) in [6.07, 6.45) is 3.39. The van der Waals surface area contributed by atoms with Crippen LogP contribution in [0.15, 0.2) is 91.0 Å². The number of hydrogen-bond acceptors (Lipinski definition) is 9. The largest absolute Gasteiger partial charge is 0.475 e. The van der Waals surface area contributed by atoms with Crippen molar-refractivity contribution in [3.05, 3.63) is 108 Å². The summed E-state index contributed by atoms with van der Waals surface area (Å²) in [6, 6.07) is 29.9. The van der Waals surface area contributed by atoms with Gasteiger partial charge in [0.15, 0.2) is 6.29 Å². The fourth-order valence-corrected chi connectivity index (χ4v) is 6.82. The lowest BCUT2D eigenvalue weighted by Gasteiger charge is -2.46. The first-order valence-electron chi connectivity index (χ1n) is 16.9. The minimum absolute atomic E-state index is 0.107. The average molecular weight is 669 g/mol. The summed E-state index contributed by atoms with van der Waals surface area (Å²) in [7, 11) is -3.70. The second-order valence-corrected chi connectivity index (χ2v) is 13.5. The zero-order chi connectivity index (χ0) is 32.6. The maximum atomic E-state index is 13.0. The molecule has 256 valence electrons. The molecule has 0 amide bonds. The number of rotatable bonds is 20. The van der Waals surface area contributed by atoms with Gasteiger partial charge in [0.25, 0.3) is 0 Å². The maximum Gasteiger partial charge on any atom is 0.475 e. The zero-order valence-corrected chi connectivity index (χ0v) is 28.3. The molecule has 2 heterocycles. The zero-order valence-electron chi connectivity index (χ0n) is 27.4. The summed E-state index contributed by atoms with van der Waals surface area (Å²) in [4.78, 5) is 0. The van der Waals surface area contributed by atoms with Gasteiger partial charge in [0.2, 0.25) is 0 Å². The van der Waals surface area contributed by atoms with Crippen LogP contribution in [0.4, 0.5) is 0 Å². The van der Waals surface area contributed by atoms with Crippen LogP contribution >= 0.6 is 7.82 Å². The third-order valence-electron chi connectivity index (χ3n) is 8.21. The van der Waals surface area contributed by atoms with Gasteiger partial charge in [-0.3, -0.25) is 13.6 Å². The fraction of sp³-hybridized carbons (Fsp3) is 0.514. The molecule has 0 aromatic heterocycles. The lowest BCUT2D eigenvalue weighted by atomic mass is 9.98. The van der Waals surface area contributed by atoms with Crippen molar-refractivity contribution >= 4 is 7.82 Å². The Bertz CT molecular complexity index is 1300. The van der Waals surface area contributed by atoms with E-state index in [0.717, 1.165) is 29.5 Å². The van der Waals surface area contributed by atoms with Crippen molar-refractivity contribution in [2.75, 3.05) is 26.4 Å². The molecular formula is C37H49O9P. The van der Waals surface area contributed by atoms with Gasteiger partial charge in [-0.25, -0.2) is 4.57 Å². The Morgan fingerprint density at radius 2 is 1.11 bits per heavy atom. The molecule has 5 rings (SSSR count). The Morgan fingerprint density at radius 1 is 0.617 bits per heavy atom. The van der Waals surface area contributed by atoms with Crippen molar-refractivity contribution in [3.63, 3.8) is 0 Å². The number of unbranched alkanes of at least 4 members (excludes halogenated alkanes) is 5. The van der Waals surface area contributed by atoms with Gasteiger partial charge in [0.05, 0.1) is 39.6 Å². The molecule has 2 aliphatic rings. The topological polar surface area (TPSA) is 90.9 Å². The summed E-state index contributed by atoms with van der Waals surface area (Å²) in [5.74, 6) is 0. The van der Waals surface area contributed by atoms with E-state index in [1.807, 2.05) is 91.0 Å². The molecule has 47 heavy (non-hydrogen) atoms. The van der Waals surface area contributed by atoms with Crippen molar-refractivity contribution in [2.24, 2.45) is 0 Å².